The Balaban J connectivity index is 1.76. The number of Topliss-reactive ketones (excluding diaryl/α,β-unsaturated/α-hetero) is 3. The van der Waals surface area contributed by atoms with Gasteiger partial charge in [0, 0.05) is 75.9 Å². The molecule has 3 aromatic rings. The third-order valence-electron chi connectivity index (χ3n) is 13.9. The van der Waals surface area contributed by atoms with Gasteiger partial charge in [0.2, 0.25) is 23.6 Å². The van der Waals surface area contributed by atoms with Crippen molar-refractivity contribution in [2.45, 2.75) is 177 Å². The third-order valence-corrected chi connectivity index (χ3v) is 13.9. The minimum absolute atomic E-state index is 0.0202. The number of unbranched alkanes of at least 4 members (excludes halogenated alkanes) is 1. The average molecular weight is 1210 g/mol. The van der Waals surface area contributed by atoms with Crippen LogP contribution >= 0.6 is 0 Å². The molecule has 0 fully saturated rings. The van der Waals surface area contributed by atoms with Crippen LogP contribution in [0.4, 0.5) is 0 Å². The maximum Gasteiger partial charge on any atom is 0.303 e. The number of carboxylic acid groups (broad SMARTS) is 2. The number of amides is 4. The first-order valence-electron chi connectivity index (χ1n) is 27.8. The zero-order chi connectivity index (χ0) is 63.5. The summed E-state index contributed by atoms with van der Waals surface area (Å²) < 4.78 is 0. The van der Waals surface area contributed by atoms with Crippen molar-refractivity contribution in [1.82, 2.24) is 41.2 Å². The smallest absolute Gasteiger partial charge is 0.303 e. The number of hydrogen-bond donors (Lipinski definition) is 17. The van der Waals surface area contributed by atoms with E-state index in [1.165, 1.54) is 6.20 Å². The molecule has 0 aliphatic rings. The molecule has 0 aliphatic carbocycles. The van der Waals surface area contributed by atoms with Crippen molar-refractivity contribution < 1.29 is 104 Å². The number of carboxylic acids is 2. The molecule has 0 unspecified atom stereocenters. The van der Waals surface area contributed by atoms with Crippen molar-refractivity contribution in [3.8, 4) is 0 Å². The SMILES string of the molecule is Cc1nc2ncc(CCc3ccc(C(=O)CCCCC(=O)N[C@@H](CCC(=O)NC[C@H](O)[C@@H](O)[C@H](O)[C@H](O)CO)C(=O)C[C@@H](CCC(=O)O)C(=O)N[C@@H](CCC(=O)NC[C@H](O)[C@@H](O)[C@H](O)[C@H](O)CO)C(=O)C[C@H](C)CCC(=O)O)cc3)nc2c(=O)[nH]1. The van der Waals surface area contributed by atoms with E-state index in [0.717, 1.165) is 5.56 Å². The first-order chi connectivity index (χ1) is 40.1. The van der Waals surface area contributed by atoms with Gasteiger partial charge in [-0.05, 0) is 69.8 Å². The number of aliphatic carboxylic acids is 2. The number of rotatable bonds is 42. The van der Waals surface area contributed by atoms with Gasteiger partial charge in [-0.3, -0.25) is 47.9 Å². The highest BCUT2D eigenvalue weighted by Crippen LogP contribution is 2.20. The van der Waals surface area contributed by atoms with Gasteiger partial charge in [0.05, 0.1) is 49.4 Å². The monoisotopic (exact) mass is 1200 g/mol. The van der Waals surface area contributed by atoms with Gasteiger partial charge in [-0.1, -0.05) is 31.2 Å². The van der Waals surface area contributed by atoms with Gasteiger partial charge in [0.1, 0.15) is 42.4 Å². The number of aryl methyl sites for hydroxylation is 3. The van der Waals surface area contributed by atoms with Crippen molar-refractivity contribution in [3.63, 3.8) is 0 Å². The predicted molar refractivity (Wildman–Crippen MR) is 296 cm³/mol. The van der Waals surface area contributed by atoms with Gasteiger partial charge in [-0.25, -0.2) is 15.0 Å². The number of aliphatic hydroxyl groups is 10. The summed E-state index contributed by atoms with van der Waals surface area (Å²) in [5.41, 5.74) is 1.78. The molecule has 30 heteroatoms. The molecule has 472 valence electrons. The first-order valence-corrected chi connectivity index (χ1v) is 27.8. The molecular weight excluding hydrogens is 1120 g/mol. The van der Waals surface area contributed by atoms with Crippen LogP contribution in [0.3, 0.4) is 0 Å². The summed E-state index contributed by atoms with van der Waals surface area (Å²) in [6.45, 7) is -0.131. The fourth-order valence-corrected chi connectivity index (χ4v) is 8.71. The van der Waals surface area contributed by atoms with Gasteiger partial charge in [0.15, 0.2) is 28.5 Å². The van der Waals surface area contributed by atoms with Crippen LogP contribution in [0.25, 0.3) is 11.2 Å². The molecule has 2 heterocycles. The molecule has 0 saturated heterocycles. The highest BCUT2D eigenvalue weighted by atomic mass is 16.4. The number of aliphatic hydroxyl groups excluding tert-OH is 10. The molecule has 85 heavy (non-hydrogen) atoms. The quantitative estimate of drug-likeness (QED) is 0.0190. The number of nitrogens with one attached hydrogen (secondary N) is 5. The maximum atomic E-state index is 14.2. The van der Waals surface area contributed by atoms with Crippen LogP contribution in [-0.2, 0) is 51.2 Å². The van der Waals surface area contributed by atoms with E-state index in [2.05, 4.69) is 41.2 Å². The van der Waals surface area contributed by atoms with E-state index in [1.54, 1.807) is 38.1 Å². The van der Waals surface area contributed by atoms with E-state index >= 15 is 0 Å². The van der Waals surface area contributed by atoms with Crippen molar-refractivity contribution >= 4 is 64.1 Å². The predicted octanol–water partition coefficient (Wildman–Crippen LogP) is -3.92. The van der Waals surface area contributed by atoms with Crippen molar-refractivity contribution in [3.05, 3.63) is 63.5 Å². The minimum Gasteiger partial charge on any atom is -0.481 e. The molecular formula is C55H80N8O22. The van der Waals surface area contributed by atoms with Gasteiger partial charge in [0.25, 0.3) is 5.56 Å². The highest BCUT2D eigenvalue weighted by molar-refractivity contribution is 5.96. The Morgan fingerprint density at radius 2 is 1.08 bits per heavy atom. The Morgan fingerprint density at radius 3 is 1.62 bits per heavy atom. The number of aromatic amines is 1. The van der Waals surface area contributed by atoms with E-state index in [-0.39, 0.29) is 61.9 Å². The second-order valence-corrected chi connectivity index (χ2v) is 21.0. The third kappa shape index (κ3) is 25.5. The van der Waals surface area contributed by atoms with Crippen LogP contribution in [-0.4, -0.2) is 221 Å². The Bertz CT molecular complexity index is 2770. The highest BCUT2D eigenvalue weighted by Gasteiger charge is 2.34. The van der Waals surface area contributed by atoms with Crippen LogP contribution in [0.2, 0.25) is 0 Å². The fourth-order valence-electron chi connectivity index (χ4n) is 8.71. The molecule has 0 radical (unpaired) electrons. The van der Waals surface area contributed by atoms with Gasteiger partial charge >= 0.3 is 11.9 Å². The van der Waals surface area contributed by atoms with Crippen molar-refractivity contribution in [1.29, 1.82) is 0 Å². The van der Waals surface area contributed by atoms with E-state index in [4.69, 9.17) is 10.2 Å². The summed E-state index contributed by atoms with van der Waals surface area (Å²) in [6, 6.07) is 3.76. The van der Waals surface area contributed by atoms with Gasteiger partial charge < -0.3 is 87.5 Å². The number of carbonyl (C=O) groups excluding carboxylic acids is 7. The summed E-state index contributed by atoms with van der Waals surface area (Å²) in [5, 5.41) is 126. The Labute approximate surface area is 487 Å². The van der Waals surface area contributed by atoms with Crippen LogP contribution in [0.1, 0.15) is 124 Å². The summed E-state index contributed by atoms with van der Waals surface area (Å²) in [4.78, 5) is 145. The molecule has 4 amide bonds. The van der Waals surface area contributed by atoms with Crippen LogP contribution < -0.4 is 26.8 Å². The topological polar surface area (TPSA) is 516 Å². The molecule has 0 aliphatic heterocycles. The molecule has 2 aromatic heterocycles. The summed E-state index contributed by atoms with van der Waals surface area (Å²) >= 11 is 0. The number of hydrogen-bond acceptors (Lipinski definition) is 23. The molecule has 17 N–H and O–H groups in total. The zero-order valence-electron chi connectivity index (χ0n) is 47.2. The van der Waals surface area contributed by atoms with Crippen LogP contribution in [0.15, 0.2) is 35.3 Å². The lowest BCUT2D eigenvalue weighted by molar-refractivity contribution is -0.139. The minimum atomic E-state index is -2.03. The lowest BCUT2D eigenvalue weighted by atomic mass is 9.90. The van der Waals surface area contributed by atoms with E-state index < -0.39 is 197 Å². The largest absolute Gasteiger partial charge is 0.481 e. The standard InChI is InChI=1S/C55H80N8O22/c1-28(7-19-46(76)77)21-37(67)35(16-18-44(74)57-25-40(70)50(81)52(83)42(72)27-65)63-54(84)32(13-20-47(78)79)22-38(68)34(15-17-43(73)56-24-39(69)49(80)51(82)41(71)26-64)62-45(75)6-4-3-5-36(66)31-11-8-30(9-12-31)10-14-33-23-58-53-48(61-33)55(85)60-29(2)59-53/h8-9,11-12,23,28,32,34-35,39-42,49-52,64-65,69-72,80-83H,3-7,10,13-22,24-27H2,1-2H3,(H,56,73)(H,57,74)(H,62,75)(H,63,84)(H,76,77)(H,78,79)(H,58,59,60,85)/t28-,32-,34+,35+,39+,40+,41-,42-,49-,50-,51-,52-/m1/s1. The van der Waals surface area contributed by atoms with Crippen LogP contribution in [0.5, 0.6) is 0 Å². The Hall–Kier alpha value is -7.13. The maximum absolute atomic E-state index is 14.2. The first kappa shape index (κ1) is 72.1. The molecule has 0 bridgehead atoms. The normalized spacial score (nSPS) is 15.8. The second kappa shape index (κ2) is 36.7. The number of H-pyrrole nitrogens is 1. The van der Waals surface area contributed by atoms with Crippen LogP contribution in [0, 0.1) is 18.8 Å². The number of nitrogens with zero attached hydrogens (tertiary/aromatic N) is 3. The molecule has 0 saturated carbocycles. The number of ketones is 3. The lowest BCUT2D eigenvalue weighted by Crippen LogP contribution is -2.50. The van der Waals surface area contributed by atoms with E-state index in [0.29, 0.717) is 29.9 Å². The molecule has 30 nitrogen and oxygen atoms in total. The number of carbonyl (C=O) groups is 9. The Morgan fingerprint density at radius 1 is 0.576 bits per heavy atom. The zero-order valence-corrected chi connectivity index (χ0v) is 47.2. The summed E-state index contributed by atoms with van der Waals surface area (Å²) in [7, 11) is 0. The second-order valence-electron chi connectivity index (χ2n) is 21.0. The fraction of sp³-hybridized carbons (Fsp3) is 0.618. The molecule has 0 spiro atoms. The number of benzene rings is 1. The Kier molecular flexibility index (Phi) is 31.1. The van der Waals surface area contributed by atoms with E-state index in [1.807, 2.05) is 0 Å². The summed E-state index contributed by atoms with van der Waals surface area (Å²) in [5.74, 6) is -9.55. The van der Waals surface area contributed by atoms with Gasteiger partial charge in [-0.15, -0.1) is 0 Å². The number of aromatic nitrogens is 4. The number of fused-ring (bicyclic) bond motifs is 1. The molecule has 1 aromatic carbocycles. The lowest BCUT2D eigenvalue weighted by Gasteiger charge is -2.26. The molecule has 12 atom stereocenters. The molecule has 3 rings (SSSR count). The van der Waals surface area contributed by atoms with E-state index in [9.17, 15) is 99.0 Å². The average Bonchev–Trinajstić information content (AvgIpc) is 3.25. The van der Waals surface area contributed by atoms with Crippen molar-refractivity contribution in [2.24, 2.45) is 11.8 Å². The van der Waals surface area contributed by atoms with Crippen molar-refractivity contribution in [2.75, 3.05) is 26.3 Å². The van der Waals surface area contributed by atoms with Gasteiger partial charge in [-0.2, -0.15) is 0 Å². The summed E-state index contributed by atoms with van der Waals surface area (Å²) in [6.07, 6.45) is -17.5.